The number of carboxylic acid groups (broad SMARTS) is 1. The first-order valence-electron chi connectivity index (χ1n) is 8.16. The zero-order valence-corrected chi connectivity index (χ0v) is 13.8. The van der Waals surface area contributed by atoms with E-state index < -0.39 is 5.97 Å². The lowest BCUT2D eigenvalue weighted by Crippen LogP contribution is -2.33. The third kappa shape index (κ3) is 3.72. The van der Waals surface area contributed by atoms with Crippen LogP contribution in [0.3, 0.4) is 0 Å². The van der Waals surface area contributed by atoms with E-state index in [4.69, 9.17) is 5.11 Å². The number of aromatic carboxylic acids is 1. The van der Waals surface area contributed by atoms with E-state index >= 15 is 0 Å². The van der Waals surface area contributed by atoms with Gasteiger partial charge in [-0.05, 0) is 53.8 Å². The van der Waals surface area contributed by atoms with Gasteiger partial charge in [-0.2, -0.15) is 0 Å². The molecule has 0 unspecified atom stereocenters. The first-order valence-corrected chi connectivity index (χ1v) is 9.04. The fraction of sp³-hybridized carbons (Fsp3) is 0.444. The van der Waals surface area contributed by atoms with Crippen LogP contribution in [0.2, 0.25) is 0 Å². The Bertz CT molecular complexity index is 716. The van der Waals surface area contributed by atoms with Gasteiger partial charge in [0.05, 0.1) is 5.56 Å². The van der Waals surface area contributed by atoms with Crippen molar-refractivity contribution in [2.24, 2.45) is 5.92 Å². The number of carboxylic acids is 1. The monoisotopic (exact) mass is 331 g/mol. The van der Waals surface area contributed by atoms with Crippen molar-refractivity contribution in [3.05, 3.63) is 34.7 Å². The lowest BCUT2D eigenvalue weighted by Gasteiger charge is -2.20. The molecule has 1 heterocycles. The van der Waals surface area contributed by atoms with Crippen LogP contribution in [0.4, 0.5) is 0 Å². The number of carbonyl (C=O) groups excluding carboxylic acids is 1. The highest BCUT2D eigenvalue weighted by Gasteiger charge is 2.20. The topological polar surface area (TPSA) is 66.4 Å². The van der Waals surface area contributed by atoms with E-state index in [1.54, 1.807) is 23.5 Å². The maximum Gasteiger partial charge on any atom is 0.335 e. The number of rotatable bonds is 5. The van der Waals surface area contributed by atoms with E-state index in [1.807, 2.05) is 6.07 Å². The fourth-order valence-corrected chi connectivity index (χ4v) is 4.22. The van der Waals surface area contributed by atoms with Crippen molar-refractivity contribution in [3.63, 3.8) is 0 Å². The smallest absolute Gasteiger partial charge is 0.335 e. The number of amides is 1. The number of thiophene rings is 1. The van der Waals surface area contributed by atoms with E-state index in [9.17, 15) is 9.59 Å². The summed E-state index contributed by atoms with van der Waals surface area (Å²) in [6, 6.07) is 5.22. The second kappa shape index (κ2) is 7.13. The fourth-order valence-electron chi connectivity index (χ4n) is 3.24. The molecule has 1 aromatic heterocycles. The van der Waals surface area contributed by atoms with E-state index in [-0.39, 0.29) is 11.8 Å². The summed E-state index contributed by atoms with van der Waals surface area (Å²) < 4.78 is 1.09. The molecule has 1 aliphatic rings. The highest BCUT2D eigenvalue weighted by atomic mass is 32.1. The Morgan fingerprint density at radius 3 is 2.74 bits per heavy atom. The van der Waals surface area contributed by atoms with Gasteiger partial charge in [-0.3, -0.25) is 4.79 Å². The third-order valence-corrected chi connectivity index (χ3v) is 5.58. The zero-order valence-electron chi connectivity index (χ0n) is 13.0. The van der Waals surface area contributed by atoms with E-state index in [0.717, 1.165) is 47.8 Å². The van der Waals surface area contributed by atoms with Crippen LogP contribution >= 0.6 is 11.3 Å². The maximum absolute atomic E-state index is 12.1. The van der Waals surface area contributed by atoms with Gasteiger partial charge in [0.15, 0.2) is 0 Å². The maximum atomic E-state index is 12.1. The number of nitrogens with one attached hydrogen (secondary N) is 1. The van der Waals surface area contributed by atoms with Gasteiger partial charge in [-0.25, -0.2) is 4.79 Å². The number of fused-ring (bicyclic) bond motifs is 1. The van der Waals surface area contributed by atoms with Gasteiger partial charge in [0.25, 0.3) is 0 Å². The zero-order chi connectivity index (χ0) is 16.2. The van der Waals surface area contributed by atoms with Gasteiger partial charge in [0.1, 0.15) is 0 Å². The molecule has 1 fully saturated rings. The minimum atomic E-state index is -0.908. The third-order valence-electron chi connectivity index (χ3n) is 4.57. The molecule has 0 radical (unpaired) electrons. The molecule has 1 saturated carbocycles. The van der Waals surface area contributed by atoms with Crippen LogP contribution in [0.1, 0.15) is 48.0 Å². The Balaban J connectivity index is 1.61. The first-order chi connectivity index (χ1) is 11.1. The van der Waals surface area contributed by atoms with Gasteiger partial charge in [0.2, 0.25) is 5.91 Å². The SMILES string of the molecule is O=C(O)c1ccc2scc(CCNC(=O)C3CCCCC3)c2c1. The normalized spacial score (nSPS) is 15.7. The summed E-state index contributed by atoms with van der Waals surface area (Å²) in [6.07, 6.45) is 6.32. The molecule has 1 aliphatic carbocycles. The average Bonchev–Trinajstić information content (AvgIpc) is 2.98. The standard InChI is InChI=1S/C18H21NO3S/c20-17(12-4-2-1-3-5-12)19-9-8-14-11-23-16-7-6-13(18(21)22)10-15(14)16/h6-7,10-12H,1-5,8-9H2,(H,19,20)(H,21,22). The molecule has 1 aromatic carbocycles. The van der Waals surface area contributed by atoms with Crippen molar-refractivity contribution in [2.45, 2.75) is 38.5 Å². The summed E-state index contributed by atoms with van der Waals surface area (Å²) >= 11 is 1.62. The summed E-state index contributed by atoms with van der Waals surface area (Å²) in [5, 5.41) is 15.2. The number of carbonyl (C=O) groups is 2. The van der Waals surface area contributed by atoms with Crippen LogP contribution < -0.4 is 5.32 Å². The van der Waals surface area contributed by atoms with Crippen molar-refractivity contribution >= 4 is 33.3 Å². The van der Waals surface area contributed by atoms with Crippen molar-refractivity contribution in [1.29, 1.82) is 0 Å². The van der Waals surface area contributed by atoms with Crippen LogP contribution in [-0.4, -0.2) is 23.5 Å². The molecule has 5 heteroatoms. The number of hydrogen-bond acceptors (Lipinski definition) is 3. The highest BCUT2D eigenvalue weighted by Crippen LogP contribution is 2.27. The summed E-state index contributed by atoms with van der Waals surface area (Å²) in [5.41, 5.74) is 1.42. The molecule has 0 bridgehead atoms. The largest absolute Gasteiger partial charge is 0.478 e. The van der Waals surface area contributed by atoms with Gasteiger partial charge in [-0.1, -0.05) is 19.3 Å². The van der Waals surface area contributed by atoms with Crippen LogP contribution in [0, 0.1) is 5.92 Å². The Morgan fingerprint density at radius 2 is 2.00 bits per heavy atom. The quantitative estimate of drug-likeness (QED) is 0.875. The first kappa shape index (κ1) is 16.0. The molecule has 0 aliphatic heterocycles. The van der Waals surface area contributed by atoms with Gasteiger partial charge in [-0.15, -0.1) is 11.3 Å². The molecule has 0 atom stereocenters. The molecular weight excluding hydrogens is 310 g/mol. The molecule has 2 N–H and O–H groups in total. The molecule has 0 spiro atoms. The molecule has 0 saturated heterocycles. The van der Waals surface area contributed by atoms with E-state index in [2.05, 4.69) is 10.7 Å². The van der Waals surface area contributed by atoms with Crippen LogP contribution in [0.25, 0.3) is 10.1 Å². The molecule has 3 rings (SSSR count). The van der Waals surface area contributed by atoms with E-state index in [1.165, 1.54) is 6.42 Å². The predicted molar refractivity (Wildman–Crippen MR) is 92.1 cm³/mol. The summed E-state index contributed by atoms with van der Waals surface area (Å²) in [6.45, 7) is 0.610. The Morgan fingerprint density at radius 1 is 1.22 bits per heavy atom. The van der Waals surface area contributed by atoms with Crippen molar-refractivity contribution < 1.29 is 14.7 Å². The van der Waals surface area contributed by atoms with Crippen LogP contribution in [0.15, 0.2) is 23.6 Å². The lowest BCUT2D eigenvalue weighted by molar-refractivity contribution is -0.125. The molecule has 4 nitrogen and oxygen atoms in total. The molecule has 1 amide bonds. The Labute approximate surface area is 139 Å². The summed E-state index contributed by atoms with van der Waals surface area (Å²) in [7, 11) is 0. The highest BCUT2D eigenvalue weighted by molar-refractivity contribution is 7.17. The molecule has 122 valence electrons. The predicted octanol–water partition coefficient (Wildman–Crippen LogP) is 3.84. The Kier molecular flexibility index (Phi) is 4.96. The minimum Gasteiger partial charge on any atom is -0.478 e. The van der Waals surface area contributed by atoms with Gasteiger partial charge >= 0.3 is 5.97 Å². The average molecular weight is 331 g/mol. The summed E-state index contributed by atoms with van der Waals surface area (Å²) in [4.78, 5) is 23.2. The van der Waals surface area contributed by atoms with Gasteiger partial charge in [0, 0.05) is 17.2 Å². The number of benzene rings is 1. The summed E-state index contributed by atoms with van der Waals surface area (Å²) in [5.74, 6) is -0.549. The number of hydrogen-bond donors (Lipinski definition) is 2. The van der Waals surface area contributed by atoms with E-state index in [0.29, 0.717) is 12.1 Å². The van der Waals surface area contributed by atoms with Crippen LogP contribution in [0.5, 0.6) is 0 Å². The Hall–Kier alpha value is -1.88. The lowest BCUT2D eigenvalue weighted by atomic mass is 9.88. The second-order valence-electron chi connectivity index (χ2n) is 6.15. The molecule has 2 aromatic rings. The minimum absolute atomic E-state index is 0.176. The molecule has 23 heavy (non-hydrogen) atoms. The second-order valence-corrected chi connectivity index (χ2v) is 7.06. The van der Waals surface area contributed by atoms with Crippen molar-refractivity contribution in [3.8, 4) is 0 Å². The van der Waals surface area contributed by atoms with Crippen molar-refractivity contribution in [2.75, 3.05) is 6.54 Å². The van der Waals surface area contributed by atoms with Gasteiger partial charge < -0.3 is 10.4 Å². The van der Waals surface area contributed by atoms with Crippen molar-refractivity contribution in [1.82, 2.24) is 5.32 Å². The van der Waals surface area contributed by atoms with Crippen LogP contribution in [-0.2, 0) is 11.2 Å². The molecular formula is C18H21NO3S.